The van der Waals surface area contributed by atoms with Crippen molar-refractivity contribution in [3.63, 3.8) is 0 Å². The third-order valence-electron chi connectivity index (χ3n) is 5.40. The molecule has 0 unspecified atom stereocenters. The van der Waals surface area contributed by atoms with Gasteiger partial charge in [0.15, 0.2) is 0 Å². The van der Waals surface area contributed by atoms with Gasteiger partial charge in [0.05, 0.1) is 16.5 Å². The first kappa shape index (κ1) is 26.1. The second-order valence-corrected chi connectivity index (χ2v) is 9.32. The minimum Gasteiger partial charge on any atom is -0.354 e. The minimum absolute atomic E-state index is 0.119. The fourth-order valence-electron chi connectivity index (χ4n) is 3.68. The fraction of sp³-hybridized carbons (Fsp3) is 0.259. The predicted molar refractivity (Wildman–Crippen MR) is 139 cm³/mol. The van der Waals surface area contributed by atoms with E-state index in [1.807, 2.05) is 55.5 Å². The fourth-order valence-corrected chi connectivity index (χ4v) is 4.21. The molecule has 1 N–H and O–H groups in total. The molecular formula is C27H27Cl3N2O2. The number of carbonyl (C=O) groups excluding carboxylic acids is 2. The number of hydrogen-bond donors (Lipinski definition) is 1. The summed E-state index contributed by atoms with van der Waals surface area (Å²) in [5.41, 5.74) is 2.54. The van der Waals surface area contributed by atoms with Crippen molar-refractivity contribution in [3.8, 4) is 0 Å². The summed E-state index contributed by atoms with van der Waals surface area (Å²) in [6.45, 7) is 2.74. The molecule has 0 aliphatic rings. The summed E-state index contributed by atoms with van der Waals surface area (Å²) in [6, 6.07) is 21.4. The number of hydrogen-bond acceptors (Lipinski definition) is 2. The Balaban J connectivity index is 1.97. The van der Waals surface area contributed by atoms with Crippen LogP contribution in [0.5, 0.6) is 0 Å². The highest BCUT2D eigenvalue weighted by Crippen LogP contribution is 2.25. The van der Waals surface area contributed by atoms with Crippen LogP contribution in [0.2, 0.25) is 15.1 Å². The van der Waals surface area contributed by atoms with Gasteiger partial charge in [0.1, 0.15) is 6.04 Å². The molecule has 0 aromatic heterocycles. The van der Waals surface area contributed by atoms with Crippen LogP contribution in [-0.2, 0) is 29.0 Å². The van der Waals surface area contributed by atoms with Crippen LogP contribution in [0.4, 0.5) is 0 Å². The van der Waals surface area contributed by atoms with Gasteiger partial charge in [0.2, 0.25) is 11.8 Å². The van der Waals surface area contributed by atoms with Crippen molar-refractivity contribution in [3.05, 3.63) is 105 Å². The Bertz CT molecular complexity index is 1120. The quantitative estimate of drug-likeness (QED) is 0.340. The van der Waals surface area contributed by atoms with E-state index >= 15 is 0 Å². The van der Waals surface area contributed by atoms with Crippen molar-refractivity contribution in [2.75, 3.05) is 6.54 Å². The van der Waals surface area contributed by atoms with Gasteiger partial charge >= 0.3 is 0 Å². The van der Waals surface area contributed by atoms with Crippen molar-refractivity contribution >= 4 is 46.6 Å². The van der Waals surface area contributed by atoms with Crippen LogP contribution in [0, 0.1) is 0 Å². The van der Waals surface area contributed by atoms with E-state index in [-0.39, 0.29) is 24.8 Å². The number of nitrogens with one attached hydrogen (secondary N) is 1. The van der Waals surface area contributed by atoms with Crippen LogP contribution in [-0.4, -0.2) is 29.3 Å². The second-order valence-electron chi connectivity index (χ2n) is 8.07. The van der Waals surface area contributed by atoms with E-state index in [2.05, 4.69) is 5.32 Å². The first-order chi connectivity index (χ1) is 16.4. The smallest absolute Gasteiger partial charge is 0.243 e. The van der Waals surface area contributed by atoms with Gasteiger partial charge in [-0.3, -0.25) is 9.59 Å². The number of carbonyl (C=O) groups is 2. The summed E-state index contributed by atoms with van der Waals surface area (Å²) in [7, 11) is 0. The van der Waals surface area contributed by atoms with E-state index in [0.29, 0.717) is 28.0 Å². The molecule has 0 saturated carbocycles. The van der Waals surface area contributed by atoms with Crippen LogP contribution >= 0.6 is 34.8 Å². The molecule has 1 atom stereocenters. The third kappa shape index (κ3) is 7.49. The van der Waals surface area contributed by atoms with Crippen LogP contribution < -0.4 is 5.32 Å². The molecule has 3 rings (SSSR count). The molecule has 34 heavy (non-hydrogen) atoms. The SMILES string of the molecule is CCCNC(=O)[C@H](Cc1ccccc1)N(Cc1ccc(Cl)c(Cl)c1)C(=O)Cc1cccc(Cl)c1. The lowest BCUT2D eigenvalue weighted by molar-refractivity contribution is -0.140. The zero-order valence-electron chi connectivity index (χ0n) is 18.9. The van der Waals surface area contributed by atoms with E-state index < -0.39 is 6.04 Å². The molecule has 0 heterocycles. The molecule has 0 aliphatic heterocycles. The summed E-state index contributed by atoms with van der Waals surface area (Å²) in [6.07, 6.45) is 1.31. The minimum atomic E-state index is -0.699. The Morgan fingerprint density at radius 3 is 2.26 bits per heavy atom. The maximum Gasteiger partial charge on any atom is 0.243 e. The number of benzene rings is 3. The zero-order valence-corrected chi connectivity index (χ0v) is 21.2. The first-order valence-electron chi connectivity index (χ1n) is 11.2. The highest BCUT2D eigenvalue weighted by Gasteiger charge is 2.30. The van der Waals surface area contributed by atoms with Gasteiger partial charge in [-0.15, -0.1) is 0 Å². The Morgan fingerprint density at radius 2 is 1.59 bits per heavy atom. The lowest BCUT2D eigenvalue weighted by Gasteiger charge is -2.32. The lowest BCUT2D eigenvalue weighted by atomic mass is 10.0. The van der Waals surface area contributed by atoms with Gasteiger partial charge in [0, 0.05) is 24.5 Å². The Labute approximate surface area is 215 Å². The highest BCUT2D eigenvalue weighted by atomic mass is 35.5. The largest absolute Gasteiger partial charge is 0.354 e. The number of amides is 2. The summed E-state index contributed by atoms with van der Waals surface area (Å²) >= 11 is 18.5. The van der Waals surface area contributed by atoms with E-state index in [1.165, 1.54) is 0 Å². The molecular weight excluding hydrogens is 491 g/mol. The molecule has 4 nitrogen and oxygen atoms in total. The van der Waals surface area contributed by atoms with E-state index in [0.717, 1.165) is 23.1 Å². The maximum absolute atomic E-state index is 13.6. The first-order valence-corrected chi connectivity index (χ1v) is 12.3. The van der Waals surface area contributed by atoms with E-state index in [1.54, 1.807) is 29.2 Å². The van der Waals surface area contributed by atoms with Crippen molar-refractivity contribution in [2.45, 2.75) is 38.8 Å². The van der Waals surface area contributed by atoms with Gasteiger partial charge in [-0.2, -0.15) is 0 Å². The Kier molecular flexibility index (Phi) is 9.82. The van der Waals surface area contributed by atoms with Crippen molar-refractivity contribution in [1.29, 1.82) is 0 Å². The molecule has 3 aromatic carbocycles. The molecule has 178 valence electrons. The molecule has 0 fully saturated rings. The van der Waals surface area contributed by atoms with Gasteiger partial charge in [-0.05, 0) is 47.4 Å². The number of halogens is 3. The molecule has 0 bridgehead atoms. The van der Waals surface area contributed by atoms with Gasteiger partial charge < -0.3 is 10.2 Å². The number of nitrogens with zero attached hydrogens (tertiary/aromatic N) is 1. The molecule has 2 amide bonds. The molecule has 0 spiro atoms. The van der Waals surface area contributed by atoms with Gasteiger partial charge in [0.25, 0.3) is 0 Å². The average molecular weight is 518 g/mol. The van der Waals surface area contributed by atoms with E-state index in [9.17, 15) is 9.59 Å². The summed E-state index contributed by atoms with van der Waals surface area (Å²) in [5.74, 6) is -0.369. The summed E-state index contributed by atoms with van der Waals surface area (Å²) in [4.78, 5) is 28.6. The summed E-state index contributed by atoms with van der Waals surface area (Å²) < 4.78 is 0. The van der Waals surface area contributed by atoms with Crippen LogP contribution in [0.25, 0.3) is 0 Å². The highest BCUT2D eigenvalue weighted by molar-refractivity contribution is 6.42. The third-order valence-corrected chi connectivity index (χ3v) is 6.38. The molecule has 0 aliphatic carbocycles. The normalized spacial score (nSPS) is 11.6. The molecule has 3 aromatic rings. The number of rotatable bonds is 10. The maximum atomic E-state index is 13.6. The Hall–Kier alpha value is -2.53. The topological polar surface area (TPSA) is 49.4 Å². The van der Waals surface area contributed by atoms with Crippen molar-refractivity contribution in [2.24, 2.45) is 0 Å². The van der Waals surface area contributed by atoms with E-state index in [4.69, 9.17) is 34.8 Å². The van der Waals surface area contributed by atoms with Crippen molar-refractivity contribution < 1.29 is 9.59 Å². The van der Waals surface area contributed by atoms with Crippen LogP contribution in [0.1, 0.15) is 30.0 Å². The monoisotopic (exact) mass is 516 g/mol. The predicted octanol–water partition coefficient (Wildman–Crippen LogP) is 6.36. The standard InChI is InChI=1S/C27H27Cl3N2O2/c1-2-13-31-27(34)25(16-19-7-4-3-5-8-19)32(18-21-11-12-23(29)24(30)15-21)26(33)17-20-9-6-10-22(28)14-20/h3-12,14-15,25H,2,13,16-18H2,1H3,(H,31,34)/t25-/m0/s1. The van der Waals surface area contributed by atoms with Gasteiger partial charge in [-0.25, -0.2) is 0 Å². The van der Waals surface area contributed by atoms with Crippen LogP contribution in [0.15, 0.2) is 72.8 Å². The van der Waals surface area contributed by atoms with Crippen molar-refractivity contribution in [1.82, 2.24) is 10.2 Å². The lowest BCUT2D eigenvalue weighted by Crippen LogP contribution is -2.51. The van der Waals surface area contributed by atoms with Crippen LogP contribution in [0.3, 0.4) is 0 Å². The average Bonchev–Trinajstić information content (AvgIpc) is 2.82. The Morgan fingerprint density at radius 1 is 0.853 bits per heavy atom. The van der Waals surface area contributed by atoms with Gasteiger partial charge in [-0.1, -0.05) is 90.3 Å². The zero-order chi connectivity index (χ0) is 24.5. The molecule has 0 radical (unpaired) electrons. The second kappa shape index (κ2) is 12.8. The summed E-state index contributed by atoms with van der Waals surface area (Å²) in [5, 5.41) is 4.36. The molecule has 7 heteroatoms. The molecule has 0 saturated heterocycles.